The second-order valence-corrected chi connectivity index (χ2v) is 12.8. The fourth-order valence-corrected chi connectivity index (χ4v) is 4.40. The number of carbonyl (C=O) groups excluding carboxylic acids is 1. The number of ether oxygens (including phenoxy) is 1. The van der Waals surface area contributed by atoms with Crippen molar-refractivity contribution >= 4 is 22.8 Å². The highest BCUT2D eigenvalue weighted by Gasteiger charge is 2.30. The Morgan fingerprint density at radius 1 is 1.12 bits per heavy atom. The summed E-state index contributed by atoms with van der Waals surface area (Å²) in [5, 5.41) is 0. The van der Waals surface area contributed by atoms with Gasteiger partial charge >= 0.3 is 6.09 Å². The molecule has 0 spiro atoms. The topological polar surface area (TPSA) is 61.9 Å². The lowest BCUT2D eigenvalue weighted by Crippen LogP contribution is -2.50. The van der Waals surface area contributed by atoms with Crippen molar-refractivity contribution in [2.45, 2.75) is 78.2 Å². The Kier molecular flexibility index (Phi) is 8.73. The maximum absolute atomic E-state index is 14.3. The molecule has 0 aliphatic carbocycles. The number of rotatable bonds is 6. The summed E-state index contributed by atoms with van der Waals surface area (Å²) in [6, 6.07) is 4.56. The predicted molar refractivity (Wildman–Crippen MR) is 130 cm³/mol. The first-order valence-electron chi connectivity index (χ1n) is 11.4. The highest BCUT2D eigenvalue weighted by Crippen LogP contribution is 2.33. The van der Waals surface area contributed by atoms with Crippen molar-refractivity contribution < 1.29 is 18.1 Å². The fraction of sp³-hybridized carbons (Fsp3) is 0.708. The zero-order chi connectivity index (χ0) is 24.3. The number of amides is 1. The quantitative estimate of drug-likeness (QED) is 0.635. The Balaban J connectivity index is 2.25. The molecule has 1 aromatic carbocycles. The number of hydrogen-bond acceptors (Lipinski definition) is 4. The van der Waals surface area contributed by atoms with Crippen LogP contribution < -0.4 is 9.62 Å². The van der Waals surface area contributed by atoms with E-state index in [4.69, 9.17) is 4.74 Å². The number of nitrogens with zero attached hydrogens (tertiary/aromatic N) is 2. The van der Waals surface area contributed by atoms with Crippen LogP contribution in [-0.4, -0.2) is 51.7 Å². The summed E-state index contributed by atoms with van der Waals surface area (Å²) in [7, 11) is -1.29. The van der Waals surface area contributed by atoms with Crippen LogP contribution in [0.25, 0.3) is 0 Å². The molecule has 0 saturated carbocycles. The molecule has 1 saturated heterocycles. The van der Waals surface area contributed by atoms with Crippen LogP contribution in [0.3, 0.4) is 0 Å². The van der Waals surface area contributed by atoms with E-state index in [1.54, 1.807) is 17.0 Å². The van der Waals surface area contributed by atoms with Gasteiger partial charge in [0, 0.05) is 37.9 Å². The Bertz CT molecular complexity index is 810. The van der Waals surface area contributed by atoms with Gasteiger partial charge in [-0.15, -0.1) is 0 Å². The zero-order valence-corrected chi connectivity index (χ0v) is 21.6. The van der Waals surface area contributed by atoms with Crippen LogP contribution in [0, 0.1) is 11.7 Å². The van der Waals surface area contributed by atoms with Crippen molar-refractivity contribution in [3.05, 3.63) is 29.6 Å². The first-order chi connectivity index (χ1) is 14.7. The van der Waals surface area contributed by atoms with E-state index in [0.29, 0.717) is 32.1 Å². The molecule has 1 aromatic rings. The maximum atomic E-state index is 14.3. The lowest BCUT2D eigenvalue weighted by Gasteiger charge is -2.38. The van der Waals surface area contributed by atoms with E-state index in [0.717, 1.165) is 17.7 Å². The second-order valence-electron chi connectivity index (χ2n) is 10.8. The average molecular weight is 470 g/mol. The molecule has 1 heterocycles. The van der Waals surface area contributed by atoms with Gasteiger partial charge in [0.1, 0.15) is 11.4 Å². The number of nitrogens with one attached hydrogen (secondary N) is 1. The number of anilines is 1. The third-order valence-corrected chi connectivity index (χ3v) is 6.76. The van der Waals surface area contributed by atoms with Crippen LogP contribution in [0.4, 0.5) is 14.9 Å². The summed E-state index contributed by atoms with van der Waals surface area (Å²) in [6.45, 7) is 17.8. The van der Waals surface area contributed by atoms with Gasteiger partial charge in [-0.05, 0) is 77.6 Å². The van der Waals surface area contributed by atoms with E-state index < -0.39 is 21.3 Å². The molecule has 1 amide bonds. The molecule has 0 radical (unpaired) electrons. The van der Waals surface area contributed by atoms with Gasteiger partial charge in [0.05, 0.1) is 15.7 Å². The molecule has 2 rings (SSSR count). The van der Waals surface area contributed by atoms with Crippen molar-refractivity contribution in [2.24, 2.45) is 5.92 Å². The molecule has 1 N–H and O–H groups in total. The molecule has 0 bridgehead atoms. The fourth-order valence-electron chi connectivity index (χ4n) is 3.56. The lowest BCUT2D eigenvalue weighted by atomic mass is 9.95. The van der Waals surface area contributed by atoms with Gasteiger partial charge in [0.25, 0.3) is 0 Å². The van der Waals surface area contributed by atoms with E-state index in [1.165, 1.54) is 6.07 Å². The third-order valence-electron chi connectivity index (χ3n) is 5.15. The highest BCUT2D eigenvalue weighted by molar-refractivity contribution is 7.84. The summed E-state index contributed by atoms with van der Waals surface area (Å²) in [4.78, 5) is 16.3. The van der Waals surface area contributed by atoms with Crippen LogP contribution in [0.2, 0.25) is 0 Å². The molecule has 32 heavy (non-hydrogen) atoms. The average Bonchev–Trinajstić information content (AvgIpc) is 2.65. The van der Waals surface area contributed by atoms with Gasteiger partial charge < -0.3 is 14.5 Å². The summed E-state index contributed by atoms with van der Waals surface area (Å²) in [5.74, 6) is 0.0258. The minimum Gasteiger partial charge on any atom is -0.444 e. The number of piperazine rings is 1. The van der Waals surface area contributed by atoms with Crippen LogP contribution in [0.5, 0.6) is 0 Å². The van der Waals surface area contributed by atoms with Crippen molar-refractivity contribution in [3.63, 3.8) is 0 Å². The summed E-state index contributed by atoms with van der Waals surface area (Å²) >= 11 is 0. The molecule has 1 aliphatic rings. The monoisotopic (exact) mass is 469 g/mol. The SMILES string of the molecule is CC(C)C[C@@H](N[S@](=O)C(C)(C)C)c1cc(F)ccc1N1CCN(C(=O)OC(C)(C)C)CC1. The molecular formula is C24H40FN3O3S. The largest absolute Gasteiger partial charge is 0.444 e. The van der Waals surface area contributed by atoms with Crippen LogP contribution >= 0.6 is 0 Å². The van der Waals surface area contributed by atoms with Crippen molar-refractivity contribution in [1.29, 1.82) is 0 Å². The number of benzene rings is 1. The molecule has 8 heteroatoms. The Hall–Kier alpha value is -1.67. The van der Waals surface area contributed by atoms with Gasteiger partial charge in [-0.2, -0.15) is 0 Å². The molecule has 6 nitrogen and oxygen atoms in total. The molecule has 182 valence electrons. The van der Waals surface area contributed by atoms with Gasteiger partial charge in [-0.25, -0.2) is 18.1 Å². The first kappa shape index (κ1) is 26.6. The predicted octanol–water partition coefficient (Wildman–Crippen LogP) is 5.02. The maximum Gasteiger partial charge on any atom is 0.410 e. The zero-order valence-electron chi connectivity index (χ0n) is 20.8. The number of halogens is 1. The Morgan fingerprint density at radius 2 is 1.72 bits per heavy atom. The Morgan fingerprint density at radius 3 is 2.22 bits per heavy atom. The van der Waals surface area contributed by atoms with Crippen molar-refractivity contribution in [2.75, 3.05) is 31.1 Å². The molecule has 1 fully saturated rings. The molecular weight excluding hydrogens is 429 g/mol. The highest BCUT2D eigenvalue weighted by atomic mass is 32.2. The summed E-state index contributed by atoms with van der Waals surface area (Å²) < 4.78 is 35.5. The standard InChI is InChI=1S/C24H40FN3O3S/c1-17(2)15-20(26-32(30)24(6,7)8)19-16-18(25)9-10-21(19)27-11-13-28(14-12-27)22(29)31-23(3,4)5/h9-10,16-17,20,26H,11-15H2,1-8H3/t20-,32-/m1/s1. The number of carbonyl (C=O) groups is 1. The Labute approximate surface area is 195 Å². The minimum absolute atomic E-state index is 0.246. The number of hydrogen-bond donors (Lipinski definition) is 1. The second kappa shape index (κ2) is 10.5. The molecule has 1 aliphatic heterocycles. The van der Waals surface area contributed by atoms with E-state index in [9.17, 15) is 13.4 Å². The molecule has 2 atom stereocenters. The van der Waals surface area contributed by atoms with Gasteiger partial charge in [0.15, 0.2) is 0 Å². The third kappa shape index (κ3) is 7.73. The summed E-state index contributed by atoms with van der Waals surface area (Å²) in [5.41, 5.74) is 1.19. The summed E-state index contributed by atoms with van der Waals surface area (Å²) in [6.07, 6.45) is 0.423. The van der Waals surface area contributed by atoms with Gasteiger partial charge in [0.2, 0.25) is 0 Å². The minimum atomic E-state index is -1.29. The first-order valence-corrected chi connectivity index (χ1v) is 12.5. The molecule has 0 aromatic heterocycles. The van der Waals surface area contributed by atoms with E-state index in [2.05, 4.69) is 23.5 Å². The smallest absolute Gasteiger partial charge is 0.410 e. The van der Waals surface area contributed by atoms with Crippen LogP contribution in [0.15, 0.2) is 18.2 Å². The van der Waals surface area contributed by atoms with Gasteiger partial charge in [-0.3, -0.25) is 0 Å². The normalized spacial score (nSPS) is 17.4. The van der Waals surface area contributed by atoms with E-state index in [1.807, 2.05) is 41.5 Å². The van der Waals surface area contributed by atoms with Gasteiger partial charge in [-0.1, -0.05) is 13.8 Å². The van der Waals surface area contributed by atoms with Crippen molar-refractivity contribution in [3.8, 4) is 0 Å². The van der Waals surface area contributed by atoms with E-state index in [-0.39, 0.29) is 18.0 Å². The van der Waals surface area contributed by atoms with Crippen molar-refractivity contribution in [1.82, 2.24) is 9.62 Å². The molecule has 0 unspecified atom stereocenters. The van der Waals surface area contributed by atoms with Crippen LogP contribution in [-0.2, 0) is 15.7 Å². The van der Waals surface area contributed by atoms with Crippen LogP contribution in [0.1, 0.15) is 73.4 Å². The lowest BCUT2D eigenvalue weighted by molar-refractivity contribution is 0.0240. The van der Waals surface area contributed by atoms with E-state index >= 15 is 0 Å².